The van der Waals surface area contributed by atoms with Crippen LogP contribution in [0.5, 0.6) is 0 Å². The lowest BCUT2D eigenvalue weighted by Crippen LogP contribution is -2.61. The van der Waals surface area contributed by atoms with Gasteiger partial charge in [0.05, 0.1) is 0 Å². The Balaban J connectivity index is 1.76. The maximum absolute atomic E-state index is 11.7. The van der Waals surface area contributed by atoms with Crippen molar-refractivity contribution in [3.8, 4) is 0 Å². The number of rotatable bonds is 4. The van der Waals surface area contributed by atoms with Gasteiger partial charge in [-0.05, 0) is 37.5 Å². The van der Waals surface area contributed by atoms with Gasteiger partial charge in [0, 0.05) is 6.54 Å². The van der Waals surface area contributed by atoms with Gasteiger partial charge in [0.15, 0.2) is 0 Å². The van der Waals surface area contributed by atoms with Crippen LogP contribution in [0.25, 0.3) is 0 Å². The Morgan fingerprint density at radius 3 is 2.44 bits per heavy atom. The second-order valence-electron chi connectivity index (χ2n) is 5.74. The zero-order valence-corrected chi connectivity index (χ0v) is 10.9. The molecule has 2 rings (SSSR count). The average molecular weight is 254 g/mol. The molecule has 0 saturated heterocycles. The van der Waals surface area contributed by atoms with Crippen LogP contribution in [0.4, 0.5) is 4.79 Å². The molecule has 0 radical (unpaired) electrons. The first-order valence-corrected chi connectivity index (χ1v) is 6.83. The minimum absolute atomic E-state index is 0.337. The quantitative estimate of drug-likeness (QED) is 0.715. The topological polar surface area (TPSA) is 78.4 Å². The lowest BCUT2D eigenvalue weighted by molar-refractivity contribution is -0.148. The average Bonchev–Trinajstić information content (AvgIpc) is 2.66. The SMILES string of the molecule is CC1CCCC1CNC(=O)NC1(C(=O)O)CCC1. The van der Waals surface area contributed by atoms with E-state index in [9.17, 15) is 9.59 Å². The lowest BCUT2D eigenvalue weighted by atomic mass is 9.77. The fourth-order valence-corrected chi connectivity index (χ4v) is 2.93. The van der Waals surface area contributed by atoms with Crippen LogP contribution in [-0.2, 0) is 4.79 Å². The molecule has 2 aliphatic carbocycles. The van der Waals surface area contributed by atoms with E-state index in [1.165, 1.54) is 12.8 Å². The fraction of sp³-hybridized carbons (Fsp3) is 0.846. The number of hydrogen-bond donors (Lipinski definition) is 3. The Kier molecular flexibility index (Phi) is 3.78. The fourth-order valence-electron chi connectivity index (χ4n) is 2.93. The van der Waals surface area contributed by atoms with E-state index in [2.05, 4.69) is 17.6 Å². The van der Waals surface area contributed by atoms with E-state index in [1.807, 2.05) is 0 Å². The van der Waals surface area contributed by atoms with E-state index >= 15 is 0 Å². The van der Waals surface area contributed by atoms with Gasteiger partial charge < -0.3 is 15.7 Å². The maximum Gasteiger partial charge on any atom is 0.329 e. The van der Waals surface area contributed by atoms with E-state index in [4.69, 9.17) is 5.11 Å². The summed E-state index contributed by atoms with van der Waals surface area (Å²) in [5, 5.41) is 14.6. The molecule has 2 aliphatic rings. The first-order valence-electron chi connectivity index (χ1n) is 6.83. The summed E-state index contributed by atoms with van der Waals surface area (Å²) < 4.78 is 0. The summed E-state index contributed by atoms with van der Waals surface area (Å²) in [4.78, 5) is 22.8. The van der Waals surface area contributed by atoms with Crippen LogP contribution in [0.15, 0.2) is 0 Å². The monoisotopic (exact) mass is 254 g/mol. The standard InChI is InChI=1S/C13H22N2O3/c1-9-4-2-5-10(9)8-14-12(18)15-13(11(16)17)6-3-7-13/h9-10H,2-8H2,1H3,(H,16,17)(H2,14,15,18). The van der Waals surface area contributed by atoms with Crippen molar-refractivity contribution < 1.29 is 14.7 Å². The van der Waals surface area contributed by atoms with Gasteiger partial charge in [0.2, 0.25) is 0 Å². The number of carboxylic acid groups (broad SMARTS) is 1. The van der Waals surface area contributed by atoms with E-state index in [0.717, 1.165) is 12.8 Å². The molecule has 0 spiro atoms. The summed E-state index contributed by atoms with van der Waals surface area (Å²) in [6.45, 7) is 2.87. The molecule has 3 N–H and O–H groups in total. The predicted octanol–water partition coefficient (Wildman–Crippen LogP) is 1.73. The molecule has 2 fully saturated rings. The Hall–Kier alpha value is -1.26. The molecule has 5 nitrogen and oxygen atoms in total. The van der Waals surface area contributed by atoms with Crippen LogP contribution in [-0.4, -0.2) is 29.2 Å². The third kappa shape index (κ3) is 2.60. The van der Waals surface area contributed by atoms with Crippen molar-refractivity contribution in [2.45, 2.75) is 51.0 Å². The first-order chi connectivity index (χ1) is 8.53. The Bertz CT molecular complexity index is 339. The summed E-state index contributed by atoms with van der Waals surface area (Å²) in [5.41, 5.74) is -1.01. The second-order valence-corrected chi connectivity index (χ2v) is 5.74. The minimum atomic E-state index is -1.01. The molecular weight excluding hydrogens is 232 g/mol. The molecule has 0 aromatic heterocycles. The number of aliphatic carboxylic acids is 1. The number of carboxylic acids is 1. The van der Waals surface area contributed by atoms with Crippen LogP contribution in [0, 0.1) is 11.8 Å². The molecule has 5 heteroatoms. The summed E-state index contributed by atoms with van der Waals surface area (Å²) >= 11 is 0. The third-order valence-corrected chi connectivity index (χ3v) is 4.53. The highest BCUT2D eigenvalue weighted by molar-refractivity contribution is 5.87. The molecule has 0 bridgehead atoms. The molecule has 0 aliphatic heterocycles. The highest BCUT2D eigenvalue weighted by atomic mass is 16.4. The zero-order chi connectivity index (χ0) is 13.2. The summed E-state index contributed by atoms with van der Waals surface area (Å²) in [7, 11) is 0. The van der Waals surface area contributed by atoms with Crippen molar-refractivity contribution in [3.05, 3.63) is 0 Å². The first kappa shape index (κ1) is 13.2. The smallest absolute Gasteiger partial charge is 0.329 e. The molecule has 0 aromatic rings. The molecule has 102 valence electrons. The van der Waals surface area contributed by atoms with Crippen molar-refractivity contribution >= 4 is 12.0 Å². The summed E-state index contributed by atoms with van der Waals surface area (Å²) in [6.07, 6.45) is 5.56. The van der Waals surface area contributed by atoms with E-state index in [1.54, 1.807) is 0 Å². The van der Waals surface area contributed by atoms with E-state index < -0.39 is 11.5 Å². The van der Waals surface area contributed by atoms with Crippen LogP contribution >= 0.6 is 0 Å². The highest BCUT2D eigenvalue weighted by Gasteiger charge is 2.45. The number of carbonyl (C=O) groups is 2. The highest BCUT2D eigenvalue weighted by Crippen LogP contribution is 2.32. The summed E-state index contributed by atoms with van der Waals surface area (Å²) in [6, 6.07) is -0.337. The molecular formula is C13H22N2O3. The van der Waals surface area contributed by atoms with Crippen LogP contribution in [0.2, 0.25) is 0 Å². The van der Waals surface area contributed by atoms with Gasteiger partial charge >= 0.3 is 12.0 Å². The molecule has 0 heterocycles. The van der Waals surface area contributed by atoms with Crippen LogP contribution in [0.1, 0.15) is 45.4 Å². The Labute approximate surface area is 107 Å². The van der Waals surface area contributed by atoms with Crippen LogP contribution < -0.4 is 10.6 Å². The van der Waals surface area contributed by atoms with E-state index in [0.29, 0.717) is 31.2 Å². The second kappa shape index (κ2) is 5.16. The molecule has 0 aromatic carbocycles. The van der Waals surface area contributed by atoms with Crippen molar-refractivity contribution in [1.82, 2.24) is 10.6 Å². The van der Waals surface area contributed by atoms with Crippen molar-refractivity contribution in [2.75, 3.05) is 6.54 Å². The van der Waals surface area contributed by atoms with Gasteiger partial charge in [-0.3, -0.25) is 0 Å². The number of hydrogen-bond acceptors (Lipinski definition) is 2. The maximum atomic E-state index is 11.7. The molecule has 2 unspecified atom stereocenters. The number of nitrogens with one attached hydrogen (secondary N) is 2. The van der Waals surface area contributed by atoms with Crippen molar-refractivity contribution in [3.63, 3.8) is 0 Å². The van der Waals surface area contributed by atoms with Gasteiger partial charge in [-0.1, -0.05) is 19.8 Å². The van der Waals surface area contributed by atoms with Crippen molar-refractivity contribution in [2.24, 2.45) is 11.8 Å². The van der Waals surface area contributed by atoms with Gasteiger partial charge in [-0.15, -0.1) is 0 Å². The third-order valence-electron chi connectivity index (χ3n) is 4.53. The Morgan fingerprint density at radius 2 is 2.00 bits per heavy atom. The number of amides is 2. The van der Waals surface area contributed by atoms with Gasteiger partial charge in [0.1, 0.15) is 5.54 Å². The molecule has 2 amide bonds. The lowest BCUT2D eigenvalue weighted by Gasteiger charge is -2.38. The Morgan fingerprint density at radius 1 is 1.28 bits per heavy atom. The summed E-state index contributed by atoms with van der Waals surface area (Å²) in [5.74, 6) is 0.276. The molecule has 2 saturated carbocycles. The number of urea groups is 1. The molecule has 18 heavy (non-hydrogen) atoms. The predicted molar refractivity (Wildman–Crippen MR) is 67.3 cm³/mol. The minimum Gasteiger partial charge on any atom is -0.480 e. The normalized spacial score (nSPS) is 29.4. The van der Waals surface area contributed by atoms with Gasteiger partial charge in [0.25, 0.3) is 0 Å². The van der Waals surface area contributed by atoms with Gasteiger partial charge in [-0.25, -0.2) is 9.59 Å². The van der Waals surface area contributed by atoms with Crippen LogP contribution in [0.3, 0.4) is 0 Å². The number of carbonyl (C=O) groups excluding carboxylic acids is 1. The van der Waals surface area contributed by atoms with Crippen molar-refractivity contribution in [1.29, 1.82) is 0 Å². The largest absolute Gasteiger partial charge is 0.480 e. The van der Waals surface area contributed by atoms with E-state index in [-0.39, 0.29) is 6.03 Å². The molecule has 2 atom stereocenters. The van der Waals surface area contributed by atoms with Gasteiger partial charge in [-0.2, -0.15) is 0 Å². The zero-order valence-electron chi connectivity index (χ0n) is 10.9.